The molecule has 4 rings (SSSR count). The molecule has 2 aliphatic rings. The molecule has 0 unspecified atom stereocenters. The summed E-state index contributed by atoms with van der Waals surface area (Å²) in [6.45, 7) is 2.07. The minimum Gasteiger partial charge on any atom is -0.368 e. The largest absolute Gasteiger partial charge is 0.368 e. The normalized spacial score (nSPS) is 22.6. The van der Waals surface area contributed by atoms with E-state index in [9.17, 15) is 9.59 Å². The van der Waals surface area contributed by atoms with Crippen molar-refractivity contribution >= 4 is 11.8 Å². The van der Waals surface area contributed by atoms with E-state index in [0.29, 0.717) is 37.3 Å². The third-order valence-electron chi connectivity index (χ3n) is 4.70. The molecule has 0 saturated carbocycles. The number of carbonyl (C=O) groups is 2. The van der Waals surface area contributed by atoms with Crippen LogP contribution in [0.4, 0.5) is 0 Å². The van der Waals surface area contributed by atoms with Crippen molar-refractivity contribution in [2.24, 2.45) is 0 Å². The van der Waals surface area contributed by atoms with Crippen molar-refractivity contribution in [2.75, 3.05) is 26.2 Å². The van der Waals surface area contributed by atoms with Crippen LogP contribution < -0.4 is 0 Å². The van der Waals surface area contributed by atoms with Gasteiger partial charge in [0.2, 0.25) is 0 Å². The maximum Gasteiger partial charge on any atom is 0.254 e. The first-order chi connectivity index (χ1) is 12.2. The Morgan fingerprint density at radius 2 is 1.04 bits per heavy atom. The minimum atomic E-state index is -0.132. The van der Waals surface area contributed by atoms with Crippen LogP contribution in [-0.4, -0.2) is 60.0 Å². The topological polar surface area (TPSA) is 49.9 Å². The molecule has 2 aliphatic heterocycles. The van der Waals surface area contributed by atoms with Crippen LogP contribution in [0.15, 0.2) is 60.7 Å². The van der Waals surface area contributed by atoms with Crippen LogP contribution in [0.3, 0.4) is 0 Å². The van der Waals surface area contributed by atoms with Gasteiger partial charge in [0.1, 0.15) is 0 Å². The molecule has 5 heteroatoms. The zero-order chi connectivity index (χ0) is 17.2. The van der Waals surface area contributed by atoms with Crippen molar-refractivity contribution in [1.82, 2.24) is 9.80 Å². The number of hydrogen-bond acceptors (Lipinski definition) is 3. The van der Waals surface area contributed by atoms with Gasteiger partial charge in [-0.25, -0.2) is 0 Å². The fourth-order valence-corrected chi connectivity index (χ4v) is 3.55. The summed E-state index contributed by atoms with van der Waals surface area (Å²) in [5.41, 5.74) is 1.39. The molecule has 2 aromatic rings. The van der Waals surface area contributed by atoms with Crippen LogP contribution in [0.5, 0.6) is 0 Å². The van der Waals surface area contributed by atoms with E-state index in [1.807, 2.05) is 70.5 Å². The van der Waals surface area contributed by atoms with Gasteiger partial charge in [-0.2, -0.15) is 0 Å². The van der Waals surface area contributed by atoms with E-state index < -0.39 is 0 Å². The average Bonchev–Trinajstić information content (AvgIpc) is 2.67. The van der Waals surface area contributed by atoms with Crippen molar-refractivity contribution in [3.8, 4) is 0 Å². The molecule has 0 spiro atoms. The second-order valence-corrected chi connectivity index (χ2v) is 6.53. The zero-order valence-corrected chi connectivity index (χ0v) is 13.9. The summed E-state index contributed by atoms with van der Waals surface area (Å²) >= 11 is 0. The third kappa shape index (κ3) is 3.28. The molecule has 2 heterocycles. The molecule has 0 radical (unpaired) electrons. The van der Waals surface area contributed by atoms with Crippen LogP contribution in [0.1, 0.15) is 20.7 Å². The van der Waals surface area contributed by atoms with E-state index in [1.54, 1.807) is 0 Å². The van der Waals surface area contributed by atoms with Gasteiger partial charge in [-0.05, 0) is 24.3 Å². The van der Waals surface area contributed by atoms with Crippen LogP contribution in [0.2, 0.25) is 0 Å². The fourth-order valence-electron chi connectivity index (χ4n) is 3.55. The highest BCUT2D eigenvalue weighted by Crippen LogP contribution is 2.22. The highest BCUT2D eigenvalue weighted by Gasteiger charge is 2.38. The van der Waals surface area contributed by atoms with Crippen molar-refractivity contribution in [1.29, 1.82) is 0 Å². The van der Waals surface area contributed by atoms with Crippen molar-refractivity contribution in [3.63, 3.8) is 0 Å². The van der Waals surface area contributed by atoms with Crippen LogP contribution >= 0.6 is 0 Å². The van der Waals surface area contributed by atoms with E-state index in [1.165, 1.54) is 0 Å². The molecular formula is C20H20N2O3. The zero-order valence-electron chi connectivity index (χ0n) is 13.9. The van der Waals surface area contributed by atoms with E-state index in [4.69, 9.17) is 4.74 Å². The minimum absolute atomic E-state index is 0.0294. The summed E-state index contributed by atoms with van der Waals surface area (Å²) in [5.74, 6) is 0.0588. The van der Waals surface area contributed by atoms with Gasteiger partial charge in [0.15, 0.2) is 0 Å². The second-order valence-electron chi connectivity index (χ2n) is 6.53. The Balaban J connectivity index is 1.45. The van der Waals surface area contributed by atoms with Crippen LogP contribution in [0, 0.1) is 0 Å². The number of nitrogens with zero attached hydrogens (tertiary/aromatic N) is 2. The molecule has 0 aromatic heterocycles. The molecule has 0 aliphatic carbocycles. The monoisotopic (exact) mass is 336 g/mol. The molecular weight excluding hydrogens is 316 g/mol. The van der Waals surface area contributed by atoms with Gasteiger partial charge in [-0.15, -0.1) is 0 Å². The lowest BCUT2D eigenvalue weighted by Gasteiger charge is -2.45. The Morgan fingerprint density at radius 1 is 0.680 bits per heavy atom. The first kappa shape index (κ1) is 15.8. The molecule has 5 nitrogen and oxygen atoms in total. The first-order valence-corrected chi connectivity index (χ1v) is 8.55. The lowest BCUT2D eigenvalue weighted by atomic mass is 10.1. The molecule has 2 aromatic carbocycles. The number of rotatable bonds is 2. The predicted octanol–water partition coefficient (Wildman–Crippen LogP) is 2.05. The highest BCUT2D eigenvalue weighted by molar-refractivity contribution is 5.95. The first-order valence-electron chi connectivity index (χ1n) is 8.55. The van der Waals surface area contributed by atoms with Gasteiger partial charge in [0, 0.05) is 37.3 Å². The molecule has 2 saturated heterocycles. The van der Waals surface area contributed by atoms with Crippen molar-refractivity contribution in [2.45, 2.75) is 12.2 Å². The molecule has 128 valence electrons. The van der Waals surface area contributed by atoms with Crippen LogP contribution in [-0.2, 0) is 4.74 Å². The fraction of sp³-hybridized carbons (Fsp3) is 0.300. The lowest BCUT2D eigenvalue weighted by molar-refractivity contribution is -0.121. The molecule has 25 heavy (non-hydrogen) atoms. The summed E-state index contributed by atoms with van der Waals surface area (Å²) in [6, 6.07) is 18.6. The number of ether oxygens (including phenoxy) is 1. The maximum absolute atomic E-state index is 12.7. The van der Waals surface area contributed by atoms with Gasteiger partial charge in [0.25, 0.3) is 11.8 Å². The van der Waals surface area contributed by atoms with Gasteiger partial charge < -0.3 is 14.5 Å². The van der Waals surface area contributed by atoms with Gasteiger partial charge in [0.05, 0.1) is 12.2 Å². The summed E-state index contributed by atoms with van der Waals surface area (Å²) in [7, 11) is 0. The SMILES string of the molecule is O=C(c1ccccc1)N1CC2CN(C(=O)c3ccccc3)CC(C1)O2. The standard InChI is InChI=1S/C20H20N2O3/c23-19(15-7-3-1-4-8-15)21-11-17-13-22(14-18(12-21)25-17)20(24)16-9-5-2-6-10-16/h1-10,17-18H,11-14H2. The Labute approximate surface area is 146 Å². The Morgan fingerprint density at radius 3 is 1.40 bits per heavy atom. The predicted molar refractivity (Wildman–Crippen MR) is 93.4 cm³/mol. The van der Waals surface area contributed by atoms with Gasteiger partial charge >= 0.3 is 0 Å². The number of morpholine rings is 2. The third-order valence-corrected chi connectivity index (χ3v) is 4.70. The number of hydrogen-bond donors (Lipinski definition) is 0. The van der Waals surface area contributed by atoms with E-state index >= 15 is 0 Å². The van der Waals surface area contributed by atoms with E-state index in [-0.39, 0.29) is 24.0 Å². The summed E-state index contributed by atoms with van der Waals surface area (Å²) in [4.78, 5) is 29.0. The van der Waals surface area contributed by atoms with Gasteiger partial charge in [-0.1, -0.05) is 36.4 Å². The summed E-state index contributed by atoms with van der Waals surface area (Å²) in [5, 5.41) is 0. The second kappa shape index (κ2) is 6.69. The van der Waals surface area contributed by atoms with Crippen LogP contribution in [0.25, 0.3) is 0 Å². The molecule has 2 amide bonds. The quantitative estimate of drug-likeness (QED) is 0.843. The van der Waals surface area contributed by atoms with Gasteiger partial charge in [-0.3, -0.25) is 9.59 Å². The number of amides is 2. The maximum atomic E-state index is 12.7. The molecule has 2 fully saturated rings. The number of fused-ring (bicyclic) bond motifs is 2. The summed E-state index contributed by atoms with van der Waals surface area (Å²) in [6.07, 6.45) is -0.263. The van der Waals surface area contributed by atoms with E-state index in [2.05, 4.69) is 0 Å². The smallest absolute Gasteiger partial charge is 0.254 e. The average molecular weight is 336 g/mol. The lowest BCUT2D eigenvalue weighted by Crippen LogP contribution is -2.61. The van der Waals surface area contributed by atoms with E-state index in [0.717, 1.165) is 0 Å². The van der Waals surface area contributed by atoms with Crippen molar-refractivity contribution in [3.05, 3.63) is 71.8 Å². The Hall–Kier alpha value is -2.66. The molecule has 0 atom stereocenters. The van der Waals surface area contributed by atoms with Crippen molar-refractivity contribution < 1.29 is 14.3 Å². The molecule has 0 N–H and O–H groups in total. The number of carbonyl (C=O) groups excluding carboxylic acids is 2. The Bertz CT molecular complexity index is 686. The summed E-state index contributed by atoms with van der Waals surface area (Å²) < 4.78 is 5.97. The highest BCUT2D eigenvalue weighted by atomic mass is 16.5. The number of benzene rings is 2. The Kier molecular flexibility index (Phi) is 4.24. The molecule has 2 bridgehead atoms.